The molecule has 0 radical (unpaired) electrons. The molecule has 0 bridgehead atoms. The van der Waals surface area contributed by atoms with Crippen LogP contribution in [0, 0.1) is 0 Å². The van der Waals surface area contributed by atoms with Gasteiger partial charge in [0.2, 0.25) is 0 Å². The average Bonchev–Trinajstić information content (AvgIpc) is 3.00. The molecule has 3 aromatic carbocycles. The number of hydrogen-bond donors (Lipinski definition) is 3. The molecule has 3 rings (SSSR count). The largest absolute Gasteiger partial charge is 0.315 e. The first-order chi connectivity index (χ1) is 19.9. The van der Waals surface area contributed by atoms with E-state index in [0.717, 1.165) is 93.4 Å². The Balaban J connectivity index is 0.00000588. The van der Waals surface area contributed by atoms with Crippen LogP contribution in [0.3, 0.4) is 0 Å². The number of thioether (sulfide) groups is 3. The van der Waals surface area contributed by atoms with Crippen LogP contribution in [0.15, 0.2) is 91.0 Å². The predicted octanol–water partition coefficient (Wildman–Crippen LogP) is 6.28. The molecule has 0 heterocycles. The Bertz CT molecular complexity index is 843. The first-order valence-electron chi connectivity index (χ1n) is 14.6. The Labute approximate surface area is 268 Å². The van der Waals surface area contributed by atoms with Gasteiger partial charge < -0.3 is 16.0 Å². The summed E-state index contributed by atoms with van der Waals surface area (Å²) in [4.78, 5) is 2.60. The van der Waals surface area contributed by atoms with Gasteiger partial charge in [0.15, 0.2) is 0 Å². The van der Waals surface area contributed by atoms with E-state index < -0.39 is 0 Å². The topological polar surface area (TPSA) is 39.3 Å². The predicted molar refractivity (Wildman–Crippen MR) is 190 cm³/mol. The minimum atomic E-state index is 0. The quantitative estimate of drug-likeness (QED) is 0.100. The van der Waals surface area contributed by atoms with Crippen LogP contribution in [0.4, 0.5) is 0 Å². The van der Waals surface area contributed by atoms with Gasteiger partial charge in [0, 0.05) is 93.4 Å². The summed E-state index contributed by atoms with van der Waals surface area (Å²) in [5.74, 6) is 6.75. The fourth-order valence-corrected chi connectivity index (χ4v) is 6.73. The molecule has 8 heteroatoms. The summed E-state index contributed by atoms with van der Waals surface area (Å²) < 4.78 is 0. The number of halogens is 1. The second-order valence-electron chi connectivity index (χ2n) is 9.71. The average molecular weight is 633 g/mol. The minimum absolute atomic E-state index is 0. The molecule has 0 aliphatic rings. The molecule has 3 N–H and O–H groups in total. The molecule has 0 aromatic heterocycles. The molecule has 0 unspecified atom stereocenters. The molecule has 0 aliphatic carbocycles. The summed E-state index contributed by atoms with van der Waals surface area (Å²) in [5.41, 5.74) is 4.24. The van der Waals surface area contributed by atoms with Gasteiger partial charge in [0.05, 0.1) is 0 Å². The lowest BCUT2D eigenvalue weighted by molar-refractivity contribution is 0.274. The van der Waals surface area contributed by atoms with Gasteiger partial charge in [-0.3, -0.25) is 4.90 Å². The highest BCUT2D eigenvalue weighted by molar-refractivity contribution is 7.98. The van der Waals surface area contributed by atoms with Crippen molar-refractivity contribution < 1.29 is 0 Å². The lowest BCUT2D eigenvalue weighted by atomic mass is 10.2. The SMILES string of the molecule is Cl.c1ccc(CSCCNCCN(CCNCCSCc2ccccc2)CCNCCSCc2ccccc2)cc1. The summed E-state index contributed by atoms with van der Waals surface area (Å²) in [6.07, 6.45) is 0. The van der Waals surface area contributed by atoms with Crippen LogP contribution in [0.25, 0.3) is 0 Å². The number of benzene rings is 3. The molecule has 0 saturated heterocycles. The molecule has 0 saturated carbocycles. The first-order valence-corrected chi connectivity index (χ1v) is 18.1. The van der Waals surface area contributed by atoms with Crippen LogP contribution in [0.2, 0.25) is 0 Å². The normalized spacial score (nSPS) is 11.0. The molecular formula is C33H49ClN4S3. The van der Waals surface area contributed by atoms with Crippen molar-refractivity contribution in [2.75, 3.05) is 76.2 Å². The van der Waals surface area contributed by atoms with E-state index in [1.807, 2.05) is 35.3 Å². The van der Waals surface area contributed by atoms with Gasteiger partial charge in [-0.2, -0.15) is 35.3 Å². The highest BCUT2D eigenvalue weighted by Gasteiger charge is 2.05. The van der Waals surface area contributed by atoms with E-state index in [0.29, 0.717) is 0 Å². The highest BCUT2D eigenvalue weighted by Crippen LogP contribution is 2.12. The third-order valence-corrected chi connectivity index (χ3v) is 9.51. The maximum absolute atomic E-state index is 3.66. The van der Waals surface area contributed by atoms with Crippen molar-refractivity contribution in [3.05, 3.63) is 108 Å². The third kappa shape index (κ3) is 18.9. The summed E-state index contributed by atoms with van der Waals surface area (Å²) in [5, 5.41) is 11.0. The zero-order valence-electron chi connectivity index (χ0n) is 24.3. The summed E-state index contributed by atoms with van der Waals surface area (Å²) in [7, 11) is 0. The van der Waals surface area contributed by atoms with Crippen molar-refractivity contribution in [1.82, 2.24) is 20.9 Å². The fourth-order valence-electron chi connectivity index (χ4n) is 4.15. The van der Waals surface area contributed by atoms with Gasteiger partial charge in [-0.25, -0.2) is 0 Å². The maximum Gasteiger partial charge on any atom is 0.0185 e. The molecular weight excluding hydrogens is 584 g/mol. The molecule has 3 aromatic rings. The standard InChI is InChI=1S/C33H48N4S3.ClH/c1-4-10-31(11-5-1)28-38-25-19-34-16-22-37(23-17-35-20-26-39-29-32-12-6-2-7-13-32)24-18-36-21-27-40-30-33-14-8-3-9-15-33;/h1-15,34-36H,16-30H2;1H. The molecule has 4 nitrogen and oxygen atoms in total. The van der Waals surface area contributed by atoms with E-state index in [9.17, 15) is 0 Å². The summed E-state index contributed by atoms with van der Waals surface area (Å²) in [6.45, 7) is 9.63. The second kappa shape index (κ2) is 25.3. The van der Waals surface area contributed by atoms with E-state index in [4.69, 9.17) is 0 Å². The molecule has 0 aliphatic heterocycles. The zero-order chi connectivity index (χ0) is 27.8. The van der Waals surface area contributed by atoms with E-state index in [2.05, 4.69) is 112 Å². The fraction of sp³-hybridized carbons (Fsp3) is 0.455. The smallest absolute Gasteiger partial charge is 0.0185 e. The molecule has 0 atom stereocenters. The van der Waals surface area contributed by atoms with Crippen molar-refractivity contribution in [3.63, 3.8) is 0 Å². The Hall–Kier alpha value is -1.16. The van der Waals surface area contributed by atoms with Crippen LogP contribution < -0.4 is 16.0 Å². The van der Waals surface area contributed by atoms with Crippen LogP contribution >= 0.6 is 47.7 Å². The molecule has 0 spiro atoms. The van der Waals surface area contributed by atoms with Crippen molar-refractivity contribution in [2.45, 2.75) is 17.3 Å². The molecule has 0 fully saturated rings. The van der Waals surface area contributed by atoms with Crippen LogP contribution in [-0.2, 0) is 17.3 Å². The Kier molecular flexibility index (Phi) is 22.3. The molecule has 0 amide bonds. The number of hydrogen-bond acceptors (Lipinski definition) is 7. The van der Waals surface area contributed by atoms with Crippen LogP contribution in [-0.4, -0.2) is 81.1 Å². The van der Waals surface area contributed by atoms with E-state index in [-0.39, 0.29) is 12.4 Å². The van der Waals surface area contributed by atoms with Gasteiger partial charge >= 0.3 is 0 Å². The summed E-state index contributed by atoms with van der Waals surface area (Å²) in [6, 6.07) is 32.3. The van der Waals surface area contributed by atoms with Crippen molar-refractivity contribution in [1.29, 1.82) is 0 Å². The second-order valence-corrected chi connectivity index (χ2v) is 13.0. The van der Waals surface area contributed by atoms with E-state index in [1.54, 1.807) is 0 Å². The van der Waals surface area contributed by atoms with Gasteiger partial charge in [-0.1, -0.05) is 91.0 Å². The maximum atomic E-state index is 3.66. The minimum Gasteiger partial charge on any atom is -0.315 e. The number of rotatable bonds is 24. The van der Waals surface area contributed by atoms with Crippen molar-refractivity contribution in [3.8, 4) is 0 Å². The Morgan fingerprint density at radius 2 is 0.707 bits per heavy atom. The Morgan fingerprint density at radius 3 is 1.00 bits per heavy atom. The number of nitrogens with one attached hydrogen (secondary N) is 3. The van der Waals surface area contributed by atoms with Crippen molar-refractivity contribution in [2.24, 2.45) is 0 Å². The number of nitrogens with zero attached hydrogens (tertiary/aromatic N) is 1. The first kappa shape index (κ1) is 36.0. The lowest BCUT2D eigenvalue weighted by Crippen LogP contribution is -2.41. The van der Waals surface area contributed by atoms with Crippen molar-refractivity contribution >= 4 is 47.7 Å². The lowest BCUT2D eigenvalue weighted by Gasteiger charge is -2.23. The van der Waals surface area contributed by atoms with E-state index in [1.165, 1.54) is 16.7 Å². The molecule has 41 heavy (non-hydrogen) atoms. The summed E-state index contributed by atoms with van der Waals surface area (Å²) >= 11 is 6.03. The highest BCUT2D eigenvalue weighted by atomic mass is 35.5. The van der Waals surface area contributed by atoms with Gasteiger partial charge in [-0.05, 0) is 16.7 Å². The zero-order valence-corrected chi connectivity index (χ0v) is 27.6. The molecule has 226 valence electrons. The van der Waals surface area contributed by atoms with E-state index >= 15 is 0 Å². The van der Waals surface area contributed by atoms with Crippen LogP contribution in [0.5, 0.6) is 0 Å². The van der Waals surface area contributed by atoms with Gasteiger partial charge in [-0.15, -0.1) is 12.4 Å². The van der Waals surface area contributed by atoms with Gasteiger partial charge in [0.1, 0.15) is 0 Å². The van der Waals surface area contributed by atoms with Crippen LogP contribution in [0.1, 0.15) is 16.7 Å². The monoisotopic (exact) mass is 632 g/mol. The third-order valence-electron chi connectivity index (χ3n) is 6.42. The Morgan fingerprint density at radius 1 is 0.415 bits per heavy atom. The van der Waals surface area contributed by atoms with Gasteiger partial charge in [0.25, 0.3) is 0 Å².